The van der Waals surface area contributed by atoms with Gasteiger partial charge in [0.05, 0.1) is 16.5 Å². The van der Waals surface area contributed by atoms with E-state index >= 15 is 0 Å². The molecule has 0 radical (unpaired) electrons. The van der Waals surface area contributed by atoms with Gasteiger partial charge in [-0.05, 0) is 46.0 Å². The van der Waals surface area contributed by atoms with Crippen molar-refractivity contribution >= 4 is 21.9 Å². The van der Waals surface area contributed by atoms with Crippen molar-refractivity contribution in [3.63, 3.8) is 0 Å². The predicted octanol–water partition coefficient (Wildman–Crippen LogP) is 2.89. The fraction of sp³-hybridized carbons (Fsp3) is 0.462. The van der Waals surface area contributed by atoms with Gasteiger partial charge in [-0.3, -0.25) is 4.79 Å². The van der Waals surface area contributed by atoms with E-state index in [1.807, 2.05) is 12.1 Å². The van der Waals surface area contributed by atoms with Crippen LogP contribution in [0.3, 0.4) is 0 Å². The maximum Gasteiger partial charge on any atom is 0.314 e. The molecule has 1 aliphatic carbocycles. The SMILES string of the molecule is O=C(O)C1(c2cc(Br)c3c(c2)CCO3)CCC1. The number of benzene rings is 1. The highest BCUT2D eigenvalue weighted by Gasteiger charge is 2.46. The van der Waals surface area contributed by atoms with Gasteiger partial charge < -0.3 is 9.84 Å². The number of aliphatic carboxylic acids is 1. The van der Waals surface area contributed by atoms with Gasteiger partial charge >= 0.3 is 5.97 Å². The molecule has 2 aliphatic rings. The van der Waals surface area contributed by atoms with E-state index in [-0.39, 0.29) is 0 Å². The lowest BCUT2D eigenvalue weighted by Crippen LogP contribution is -2.42. The summed E-state index contributed by atoms with van der Waals surface area (Å²) in [5, 5.41) is 9.43. The van der Waals surface area contributed by atoms with Crippen molar-refractivity contribution < 1.29 is 14.6 Å². The highest BCUT2D eigenvalue weighted by molar-refractivity contribution is 9.10. The first-order valence-corrected chi connectivity index (χ1v) is 6.62. The molecule has 1 aliphatic heterocycles. The number of carboxylic acid groups (broad SMARTS) is 1. The highest BCUT2D eigenvalue weighted by atomic mass is 79.9. The van der Waals surface area contributed by atoms with Crippen LogP contribution >= 0.6 is 15.9 Å². The Morgan fingerprint density at radius 2 is 2.18 bits per heavy atom. The summed E-state index contributed by atoms with van der Waals surface area (Å²) in [5.74, 6) is 0.183. The van der Waals surface area contributed by atoms with Crippen molar-refractivity contribution in [3.8, 4) is 5.75 Å². The monoisotopic (exact) mass is 296 g/mol. The topological polar surface area (TPSA) is 46.5 Å². The van der Waals surface area contributed by atoms with Gasteiger partial charge in [0.1, 0.15) is 5.75 Å². The summed E-state index contributed by atoms with van der Waals surface area (Å²) >= 11 is 3.48. The van der Waals surface area contributed by atoms with Crippen LogP contribution in [-0.2, 0) is 16.6 Å². The summed E-state index contributed by atoms with van der Waals surface area (Å²) in [6.07, 6.45) is 3.36. The number of ether oxygens (including phenoxy) is 1. The number of hydrogen-bond acceptors (Lipinski definition) is 2. The molecule has 0 aromatic heterocycles. The van der Waals surface area contributed by atoms with Crippen LogP contribution in [-0.4, -0.2) is 17.7 Å². The standard InChI is InChI=1S/C13H13BrO3/c14-10-7-9(6-8-2-5-17-11(8)10)13(12(15)16)3-1-4-13/h6-7H,1-5H2,(H,15,16). The summed E-state index contributed by atoms with van der Waals surface area (Å²) in [6, 6.07) is 3.93. The van der Waals surface area contributed by atoms with E-state index in [1.54, 1.807) is 0 Å². The fourth-order valence-electron chi connectivity index (χ4n) is 2.69. The summed E-state index contributed by atoms with van der Waals surface area (Å²) in [6.45, 7) is 0.692. The lowest BCUT2D eigenvalue weighted by atomic mass is 9.64. The number of carbonyl (C=O) groups is 1. The Labute approximate surface area is 108 Å². The number of halogens is 1. The van der Waals surface area contributed by atoms with E-state index < -0.39 is 11.4 Å². The summed E-state index contributed by atoms with van der Waals surface area (Å²) < 4.78 is 6.40. The Balaban J connectivity index is 2.10. The Morgan fingerprint density at radius 3 is 2.76 bits per heavy atom. The summed E-state index contributed by atoms with van der Waals surface area (Å²) in [4.78, 5) is 11.5. The molecule has 0 saturated heterocycles. The zero-order valence-corrected chi connectivity index (χ0v) is 10.9. The summed E-state index contributed by atoms with van der Waals surface area (Å²) in [7, 11) is 0. The van der Waals surface area contributed by atoms with Crippen molar-refractivity contribution in [2.24, 2.45) is 0 Å². The average molecular weight is 297 g/mol. The Kier molecular flexibility index (Phi) is 2.43. The first-order valence-electron chi connectivity index (χ1n) is 5.82. The number of fused-ring (bicyclic) bond motifs is 1. The van der Waals surface area contributed by atoms with Gasteiger partial charge in [-0.1, -0.05) is 12.5 Å². The van der Waals surface area contributed by atoms with Crippen LogP contribution in [0.5, 0.6) is 5.75 Å². The van der Waals surface area contributed by atoms with Gasteiger partial charge in [0.25, 0.3) is 0 Å². The molecule has 0 bridgehead atoms. The second-order valence-electron chi connectivity index (χ2n) is 4.79. The maximum atomic E-state index is 11.5. The van der Waals surface area contributed by atoms with Crippen molar-refractivity contribution in [1.82, 2.24) is 0 Å². The first kappa shape index (κ1) is 11.1. The van der Waals surface area contributed by atoms with Gasteiger partial charge in [0.15, 0.2) is 0 Å². The molecule has 0 unspecified atom stereocenters. The van der Waals surface area contributed by atoms with E-state index in [0.29, 0.717) is 6.61 Å². The molecule has 90 valence electrons. The third-order valence-corrected chi connectivity index (χ3v) is 4.50. The zero-order valence-electron chi connectivity index (χ0n) is 9.33. The highest BCUT2D eigenvalue weighted by Crippen LogP contribution is 2.47. The quantitative estimate of drug-likeness (QED) is 0.913. The van der Waals surface area contributed by atoms with Crippen LogP contribution in [0.15, 0.2) is 16.6 Å². The maximum absolute atomic E-state index is 11.5. The minimum Gasteiger partial charge on any atom is -0.492 e. The van der Waals surface area contributed by atoms with Crippen LogP contribution in [0.2, 0.25) is 0 Å². The van der Waals surface area contributed by atoms with Crippen LogP contribution < -0.4 is 4.74 Å². The molecular weight excluding hydrogens is 284 g/mol. The average Bonchev–Trinajstić information content (AvgIpc) is 2.63. The van der Waals surface area contributed by atoms with E-state index in [9.17, 15) is 9.90 Å². The minimum absolute atomic E-state index is 0.653. The second-order valence-corrected chi connectivity index (χ2v) is 5.64. The molecule has 1 aromatic carbocycles. The summed E-state index contributed by atoms with van der Waals surface area (Å²) in [5.41, 5.74) is 1.40. The van der Waals surface area contributed by atoms with E-state index in [4.69, 9.17) is 4.74 Å². The molecule has 1 N–H and O–H groups in total. The number of carboxylic acids is 1. The number of rotatable bonds is 2. The predicted molar refractivity (Wildman–Crippen MR) is 66.5 cm³/mol. The fourth-order valence-corrected chi connectivity index (χ4v) is 3.31. The van der Waals surface area contributed by atoms with E-state index in [1.165, 1.54) is 0 Å². The largest absolute Gasteiger partial charge is 0.492 e. The van der Waals surface area contributed by atoms with Crippen LogP contribution in [0.25, 0.3) is 0 Å². The van der Waals surface area contributed by atoms with E-state index in [0.717, 1.165) is 47.0 Å². The smallest absolute Gasteiger partial charge is 0.314 e. The van der Waals surface area contributed by atoms with Crippen molar-refractivity contribution in [1.29, 1.82) is 0 Å². The first-order chi connectivity index (χ1) is 8.13. The molecule has 3 nitrogen and oxygen atoms in total. The van der Waals surface area contributed by atoms with Gasteiger partial charge in [-0.25, -0.2) is 0 Å². The van der Waals surface area contributed by atoms with Crippen LogP contribution in [0.1, 0.15) is 30.4 Å². The third-order valence-electron chi connectivity index (χ3n) is 3.91. The molecule has 3 rings (SSSR count). The third kappa shape index (κ3) is 1.50. The molecular formula is C13H13BrO3. The van der Waals surface area contributed by atoms with Gasteiger partial charge in [0, 0.05) is 6.42 Å². The lowest BCUT2D eigenvalue weighted by molar-refractivity contribution is -0.147. The van der Waals surface area contributed by atoms with Crippen molar-refractivity contribution in [3.05, 3.63) is 27.7 Å². The minimum atomic E-state index is -0.700. The normalized spacial score (nSPS) is 20.3. The van der Waals surface area contributed by atoms with Gasteiger partial charge in [-0.15, -0.1) is 0 Å². The van der Waals surface area contributed by atoms with Crippen LogP contribution in [0, 0.1) is 0 Å². The second kappa shape index (κ2) is 3.73. The van der Waals surface area contributed by atoms with Gasteiger partial charge in [-0.2, -0.15) is 0 Å². The molecule has 1 saturated carbocycles. The molecule has 0 spiro atoms. The van der Waals surface area contributed by atoms with Crippen molar-refractivity contribution in [2.75, 3.05) is 6.61 Å². The van der Waals surface area contributed by atoms with E-state index in [2.05, 4.69) is 15.9 Å². The molecule has 1 heterocycles. The Hall–Kier alpha value is -1.03. The Bertz CT molecular complexity index is 492. The van der Waals surface area contributed by atoms with Gasteiger partial charge in [0.2, 0.25) is 0 Å². The zero-order chi connectivity index (χ0) is 12.0. The Morgan fingerprint density at radius 1 is 1.41 bits per heavy atom. The number of hydrogen-bond donors (Lipinski definition) is 1. The molecule has 0 atom stereocenters. The molecule has 0 amide bonds. The van der Waals surface area contributed by atoms with Crippen LogP contribution in [0.4, 0.5) is 0 Å². The van der Waals surface area contributed by atoms with Crippen molar-refractivity contribution in [2.45, 2.75) is 31.1 Å². The molecule has 17 heavy (non-hydrogen) atoms. The molecule has 4 heteroatoms. The molecule has 1 aromatic rings. The molecule has 1 fully saturated rings. The lowest BCUT2D eigenvalue weighted by Gasteiger charge is -2.38.